The normalized spacial score (nSPS) is 22.5. The van der Waals surface area contributed by atoms with Crippen molar-refractivity contribution in [1.29, 1.82) is 0 Å². The summed E-state index contributed by atoms with van der Waals surface area (Å²) in [6.07, 6.45) is 5.06. The summed E-state index contributed by atoms with van der Waals surface area (Å²) in [5, 5.41) is 6.45. The van der Waals surface area contributed by atoms with Crippen LogP contribution in [0.4, 0.5) is 0 Å². The molecule has 4 heteroatoms. The third-order valence-electron chi connectivity index (χ3n) is 4.13. The maximum atomic E-state index is 12.0. The summed E-state index contributed by atoms with van der Waals surface area (Å²) >= 11 is 0. The van der Waals surface area contributed by atoms with E-state index in [1.54, 1.807) is 0 Å². The van der Waals surface area contributed by atoms with Gasteiger partial charge in [0, 0.05) is 24.7 Å². The highest BCUT2D eigenvalue weighted by Crippen LogP contribution is 2.25. The molecule has 2 N–H and O–H groups in total. The van der Waals surface area contributed by atoms with Crippen LogP contribution in [-0.2, 0) is 11.3 Å². The molecule has 1 aliphatic carbocycles. The van der Waals surface area contributed by atoms with Crippen LogP contribution in [0.3, 0.4) is 0 Å². The second-order valence-corrected chi connectivity index (χ2v) is 6.16. The second-order valence-electron chi connectivity index (χ2n) is 6.16. The van der Waals surface area contributed by atoms with Crippen LogP contribution in [0.1, 0.15) is 43.2 Å². The molecular weight excluding hydrogens is 264 g/mol. The predicted molar refractivity (Wildman–Crippen MR) is 82.3 cm³/mol. The molecule has 1 aromatic carbocycles. The Morgan fingerprint density at radius 3 is 2.95 bits per heavy atom. The monoisotopic (exact) mass is 288 g/mol. The first-order valence-corrected chi connectivity index (χ1v) is 7.99. The smallest absolute Gasteiger partial charge is 0.261 e. The lowest BCUT2D eigenvalue weighted by atomic mass is 10.1. The van der Waals surface area contributed by atoms with E-state index in [2.05, 4.69) is 23.6 Å². The van der Waals surface area contributed by atoms with Crippen molar-refractivity contribution in [3.8, 4) is 5.75 Å². The van der Waals surface area contributed by atoms with E-state index in [9.17, 15) is 4.79 Å². The maximum absolute atomic E-state index is 12.0. The molecule has 21 heavy (non-hydrogen) atoms. The van der Waals surface area contributed by atoms with Crippen LogP contribution >= 0.6 is 0 Å². The Morgan fingerprint density at radius 2 is 2.14 bits per heavy atom. The summed E-state index contributed by atoms with van der Waals surface area (Å²) in [6, 6.07) is 6.86. The van der Waals surface area contributed by atoms with Crippen molar-refractivity contribution >= 4 is 5.91 Å². The zero-order chi connectivity index (χ0) is 14.7. The first kappa shape index (κ1) is 14.4. The Bertz CT molecular complexity index is 512. The Hall–Kier alpha value is -1.55. The minimum atomic E-state index is -0.352. The Balaban J connectivity index is 1.71. The van der Waals surface area contributed by atoms with E-state index in [1.807, 2.05) is 12.1 Å². The number of hydrogen-bond acceptors (Lipinski definition) is 3. The van der Waals surface area contributed by atoms with Gasteiger partial charge < -0.3 is 15.4 Å². The summed E-state index contributed by atoms with van der Waals surface area (Å²) in [5.41, 5.74) is 2.37. The van der Waals surface area contributed by atoms with Gasteiger partial charge in [-0.3, -0.25) is 4.79 Å². The molecule has 1 unspecified atom stereocenters. The molecule has 114 valence electrons. The first-order chi connectivity index (χ1) is 10.2. The fourth-order valence-corrected chi connectivity index (χ4v) is 2.68. The van der Waals surface area contributed by atoms with Crippen LogP contribution in [-0.4, -0.2) is 24.6 Å². The molecule has 2 aliphatic rings. The van der Waals surface area contributed by atoms with Gasteiger partial charge in [-0.1, -0.05) is 17.7 Å². The molecule has 1 saturated carbocycles. The molecule has 4 nitrogen and oxygen atoms in total. The molecule has 1 atom stereocenters. The predicted octanol–water partition coefficient (Wildman–Crippen LogP) is 2.29. The summed E-state index contributed by atoms with van der Waals surface area (Å²) < 4.78 is 6.03. The third kappa shape index (κ3) is 3.97. The van der Waals surface area contributed by atoms with Crippen LogP contribution in [0.2, 0.25) is 0 Å². The molecule has 1 aromatic rings. The van der Waals surface area contributed by atoms with Gasteiger partial charge in [0.05, 0.1) is 0 Å². The number of nitrogens with one attached hydrogen (secondary N) is 2. The van der Waals surface area contributed by atoms with Gasteiger partial charge in [-0.15, -0.1) is 0 Å². The standard InChI is InChI=1S/C17H24N2O2/c1-12-5-8-15(13(10-12)11-19-14-6-7-14)21-16-4-2-3-9-18-17(16)20/h5,8,10,14,16,19H,2-4,6-7,9,11H2,1H3,(H,18,20). The molecule has 0 radical (unpaired) electrons. The van der Waals surface area contributed by atoms with Gasteiger partial charge in [-0.25, -0.2) is 0 Å². The van der Waals surface area contributed by atoms with E-state index in [0.29, 0.717) is 6.04 Å². The molecule has 0 bridgehead atoms. The Kier molecular flexibility index (Phi) is 4.44. The van der Waals surface area contributed by atoms with Crippen molar-refractivity contribution < 1.29 is 9.53 Å². The summed E-state index contributed by atoms with van der Waals surface area (Å²) in [4.78, 5) is 12.0. The van der Waals surface area contributed by atoms with E-state index in [0.717, 1.165) is 43.7 Å². The Labute approximate surface area is 126 Å². The fourth-order valence-electron chi connectivity index (χ4n) is 2.68. The third-order valence-corrected chi connectivity index (χ3v) is 4.13. The molecule has 2 fully saturated rings. The lowest BCUT2D eigenvalue weighted by molar-refractivity contribution is -0.127. The van der Waals surface area contributed by atoms with Crippen LogP contribution in [0.25, 0.3) is 0 Å². The van der Waals surface area contributed by atoms with Crippen molar-refractivity contribution in [3.05, 3.63) is 29.3 Å². The van der Waals surface area contributed by atoms with Crippen LogP contribution in [0.15, 0.2) is 18.2 Å². The molecule has 1 saturated heterocycles. The number of carbonyl (C=O) groups is 1. The highest BCUT2D eigenvalue weighted by atomic mass is 16.5. The molecular formula is C17H24N2O2. The molecule has 0 spiro atoms. The van der Waals surface area contributed by atoms with Crippen molar-refractivity contribution in [3.63, 3.8) is 0 Å². The quantitative estimate of drug-likeness (QED) is 0.874. The minimum Gasteiger partial charge on any atom is -0.480 e. The first-order valence-electron chi connectivity index (χ1n) is 7.99. The topological polar surface area (TPSA) is 50.4 Å². The average Bonchev–Trinajstić information content (AvgIpc) is 3.29. The van der Waals surface area contributed by atoms with Crippen molar-refractivity contribution in [2.45, 2.75) is 57.7 Å². The fraction of sp³-hybridized carbons (Fsp3) is 0.588. The van der Waals surface area contributed by atoms with Crippen molar-refractivity contribution in [2.75, 3.05) is 6.54 Å². The van der Waals surface area contributed by atoms with E-state index >= 15 is 0 Å². The van der Waals surface area contributed by atoms with Crippen LogP contribution in [0, 0.1) is 6.92 Å². The summed E-state index contributed by atoms with van der Waals surface area (Å²) in [7, 11) is 0. The van der Waals surface area contributed by atoms with E-state index in [1.165, 1.54) is 18.4 Å². The van der Waals surface area contributed by atoms with Crippen molar-refractivity contribution in [2.24, 2.45) is 0 Å². The van der Waals surface area contributed by atoms with Crippen LogP contribution < -0.4 is 15.4 Å². The lowest BCUT2D eigenvalue weighted by Crippen LogP contribution is -2.36. The maximum Gasteiger partial charge on any atom is 0.261 e. The number of ether oxygens (including phenoxy) is 1. The van der Waals surface area contributed by atoms with Gasteiger partial charge in [0.1, 0.15) is 5.75 Å². The highest BCUT2D eigenvalue weighted by molar-refractivity contribution is 5.81. The highest BCUT2D eigenvalue weighted by Gasteiger charge is 2.24. The van der Waals surface area contributed by atoms with Gasteiger partial charge in [-0.2, -0.15) is 0 Å². The van der Waals surface area contributed by atoms with E-state index < -0.39 is 0 Å². The Morgan fingerprint density at radius 1 is 1.29 bits per heavy atom. The molecule has 3 rings (SSSR count). The van der Waals surface area contributed by atoms with Gasteiger partial charge in [-0.05, 0) is 45.1 Å². The van der Waals surface area contributed by atoms with Gasteiger partial charge in [0.2, 0.25) is 0 Å². The largest absolute Gasteiger partial charge is 0.480 e. The average molecular weight is 288 g/mol. The van der Waals surface area contributed by atoms with Gasteiger partial charge in [0.15, 0.2) is 6.10 Å². The lowest BCUT2D eigenvalue weighted by Gasteiger charge is -2.19. The molecule has 0 aromatic heterocycles. The SMILES string of the molecule is Cc1ccc(OC2CCCCNC2=O)c(CNC2CC2)c1. The van der Waals surface area contributed by atoms with E-state index in [-0.39, 0.29) is 12.0 Å². The zero-order valence-electron chi connectivity index (χ0n) is 12.7. The number of carbonyl (C=O) groups excluding carboxylic acids is 1. The number of rotatable bonds is 5. The number of aryl methyl sites for hydroxylation is 1. The zero-order valence-corrected chi connectivity index (χ0v) is 12.7. The minimum absolute atomic E-state index is 0.0224. The van der Waals surface area contributed by atoms with E-state index in [4.69, 9.17) is 4.74 Å². The second kappa shape index (κ2) is 6.48. The van der Waals surface area contributed by atoms with Gasteiger partial charge in [0.25, 0.3) is 5.91 Å². The molecule has 1 heterocycles. The van der Waals surface area contributed by atoms with Gasteiger partial charge >= 0.3 is 0 Å². The molecule has 1 amide bonds. The summed E-state index contributed by atoms with van der Waals surface area (Å²) in [6.45, 7) is 3.67. The summed E-state index contributed by atoms with van der Waals surface area (Å²) in [5.74, 6) is 0.866. The number of hydrogen-bond donors (Lipinski definition) is 2. The number of amides is 1. The molecule has 1 aliphatic heterocycles. The van der Waals surface area contributed by atoms with Crippen molar-refractivity contribution in [1.82, 2.24) is 10.6 Å². The number of benzene rings is 1. The van der Waals surface area contributed by atoms with Crippen LogP contribution in [0.5, 0.6) is 5.75 Å².